The molecule has 1 aliphatic heterocycles. The van der Waals surface area contributed by atoms with Crippen molar-refractivity contribution in [2.75, 3.05) is 19.6 Å². The highest BCUT2D eigenvalue weighted by molar-refractivity contribution is 5.60. The molecule has 4 aliphatic carbocycles. The van der Waals surface area contributed by atoms with Crippen molar-refractivity contribution in [2.45, 2.75) is 166 Å². The number of unbranched alkanes of at least 4 members (excludes halogenated alkanes) is 1. The maximum absolute atomic E-state index is 4.47. The summed E-state index contributed by atoms with van der Waals surface area (Å²) < 4.78 is 0. The van der Waals surface area contributed by atoms with Crippen LogP contribution in [0.15, 0.2) is 16.8 Å². The van der Waals surface area contributed by atoms with E-state index in [1.165, 1.54) is 82.9 Å². The monoisotopic (exact) mass is 600 g/mol. The number of hydrogen-bond donors (Lipinski definition) is 2. The maximum Gasteiger partial charge on any atom is 0.0498 e. The van der Waals surface area contributed by atoms with Gasteiger partial charge in [-0.25, -0.2) is 0 Å². The van der Waals surface area contributed by atoms with Crippen molar-refractivity contribution in [3.05, 3.63) is 11.8 Å². The maximum atomic E-state index is 4.47. The van der Waals surface area contributed by atoms with Crippen LogP contribution >= 0.6 is 0 Å². The van der Waals surface area contributed by atoms with E-state index >= 15 is 0 Å². The molecular weight excluding hydrogens is 522 g/mol. The van der Waals surface area contributed by atoms with Crippen molar-refractivity contribution in [3.8, 4) is 12.8 Å². The Balaban J connectivity index is 0.00000161. The number of nitrogens with zero attached hydrogens (tertiary/aromatic N) is 1. The van der Waals surface area contributed by atoms with E-state index in [1.54, 1.807) is 0 Å². The Morgan fingerprint density at radius 3 is 2.05 bits per heavy atom. The number of fused-ring (bicyclic) bond motifs is 5. The number of nitrogens with one attached hydrogen (secondary N) is 2. The molecule has 5 aliphatic rings. The summed E-state index contributed by atoms with van der Waals surface area (Å²) in [5.41, 5.74) is 2.52. The van der Waals surface area contributed by atoms with Crippen LogP contribution in [0.2, 0.25) is 0 Å². The summed E-state index contributed by atoms with van der Waals surface area (Å²) in [4.78, 5) is 4.47. The normalized spacial score (nSPS) is 34.9. The van der Waals surface area contributed by atoms with Crippen molar-refractivity contribution in [3.63, 3.8) is 0 Å². The molecule has 43 heavy (non-hydrogen) atoms. The molecule has 8 atom stereocenters. The Bertz CT molecular complexity index is 769. The lowest BCUT2D eigenvalue weighted by Gasteiger charge is -2.61. The first-order valence-corrected chi connectivity index (χ1v) is 19.0. The zero-order valence-corrected chi connectivity index (χ0v) is 31.0. The molecule has 252 valence electrons. The zero-order valence-electron chi connectivity index (χ0n) is 31.0. The van der Waals surface area contributed by atoms with E-state index in [1.807, 2.05) is 55.4 Å². The quantitative estimate of drug-likeness (QED) is 0.215. The average molecular weight is 600 g/mol. The van der Waals surface area contributed by atoms with Crippen LogP contribution in [-0.2, 0) is 0 Å². The predicted molar refractivity (Wildman–Crippen MR) is 196 cm³/mol. The van der Waals surface area contributed by atoms with Crippen molar-refractivity contribution in [1.29, 1.82) is 0 Å². The predicted octanol–water partition coefficient (Wildman–Crippen LogP) is 11.1. The second-order valence-corrected chi connectivity index (χ2v) is 13.1. The van der Waals surface area contributed by atoms with Gasteiger partial charge in [-0.1, -0.05) is 82.2 Å². The van der Waals surface area contributed by atoms with Crippen molar-refractivity contribution in [2.24, 2.45) is 45.4 Å². The van der Waals surface area contributed by atoms with Crippen LogP contribution in [0.4, 0.5) is 0 Å². The van der Waals surface area contributed by atoms with Gasteiger partial charge in [-0.2, -0.15) is 0 Å². The van der Waals surface area contributed by atoms with Crippen LogP contribution in [-0.4, -0.2) is 31.9 Å². The Morgan fingerprint density at radius 2 is 1.40 bits per heavy atom. The molecule has 0 radical (unpaired) electrons. The Labute approximate surface area is 271 Å². The number of allylic oxidation sites excluding steroid dienone is 1. The van der Waals surface area contributed by atoms with E-state index in [0.717, 1.165) is 61.6 Å². The van der Waals surface area contributed by atoms with E-state index in [-0.39, 0.29) is 0 Å². The van der Waals surface area contributed by atoms with Crippen LogP contribution < -0.4 is 10.6 Å². The van der Waals surface area contributed by atoms with E-state index in [9.17, 15) is 0 Å². The van der Waals surface area contributed by atoms with Gasteiger partial charge in [-0.15, -0.1) is 12.8 Å². The van der Waals surface area contributed by atoms with Crippen molar-refractivity contribution >= 4 is 6.21 Å². The summed E-state index contributed by atoms with van der Waals surface area (Å²) in [6, 6.07) is 0.773. The summed E-state index contributed by atoms with van der Waals surface area (Å²) in [7, 11) is 0. The molecule has 0 aromatic rings. The summed E-state index contributed by atoms with van der Waals surface area (Å²) in [5.74, 6) is 5.04. The molecule has 3 nitrogen and oxygen atoms in total. The largest absolute Gasteiger partial charge is 0.314 e. The summed E-state index contributed by atoms with van der Waals surface area (Å²) >= 11 is 0. The molecule has 4 saturated carbocycles. The van der Waals surface area contributed by atoms with Crippen LogP contribution in [0.5, 0.6) is 0 Å². The van der Waals surface area contributed by atoms with Gasteiger partial charge in [0.2, 0.25) is 0 Å². The molecule has 0 amide bonds. The first kappa shape index (κ1) is 41.9. The van der Waals surface area contributed by atoms with Gasteiger partial charge in [0.1, 0.15) is 0 Å². The van der Waals surface area contributed by atoms with Gasteiger partial charge in [0, 0.05) is 24.5 Å². The minimum Gasteiger partial charge on any atom is -0.314 e. The molecule has 3 heteroatoms. The molecule has 0 aromatic heterocycles. The van der Waals surface area contributed by atoms with Crippen molar-refractivity contribution < 1.29 is 0 Å². The smallest absolute Gasteiger partial charge is 0.0498 e. The van der Waals surface area contributed by atoms with E-state index in [0.29, 0.717) is 10.8 Å². The Hall–Kier alpha value is -1.11. The molecular formula is C40H77N3. The summed E-state index contributed by atoms with van der Waals surface area (Å²) in [6.45, 7) is 27.2. The first-order valence-electron chi connectivity index (χ1n) is 19.0. The third-order valence-corrected chi connectivity index (χ3v) is 11.6. The average Bonchev–Trinajstić information content (AvgIpc) is 3.39. The van der Waals surface area contributed by atoms with Gasteiger partial charge in [-0.3, -0.25) is 4.99 Å². The third-order valence-electron chi connectivity index (χ3n) is 11.6. The zero-order chi connectivity index (χ0) is 32.9. The first-order chi connectivity index (χ1) is 21.0. The standard InChI is InChI=1S/C30H51N3.4C2H6.C2H2/c1-22-9-12-27-26-11-10-23-20-24(13-15-30(23,3)28(26)14-16-29(22,27)2)32-19-7-6-17-31-21-25-8-4-5-18-33-25;5*1-2/h8,18,22-24,26-28,31-32H,4-7,9-17,19-21H2,1-3H3;4*1-2H3;1-2H. The van der Waals surface area contributed by atoms with Crippen LogP contribution in [0.25, 0.3) is 0 Å². The molecule has 5 rings (SSSR count). The topological polar surface area (TPSA) is 36.4 Å². The molecule has 0 bridgehead atoms. The number of aliphatic imine (C=N–C) groups is 1. The molecule has 0 spiro atoms. The third kappa shape index (κ3) is 11.0. The molecule has 8 unspecified atom stereocenters. The van der Waals surface area contributed by atoms with Gasteiger partial charge in [0.25, 0.3) is 0 Å². The van der Waals surface area contributed by atoms with Gasteiger partial charge in [-0.05, 0) is 137 Å². The fraction of sp³-hybridized carbons (Fsp3) is 0.875. The molecule has 0 aromatic carbocycles. The number of terminal acetylenes is 1. The SMILES string of the molecule is C#C.CC.CC.CC.CC.CC1CCC2C3CCC4CC(NCCCCNCC5=CCCC=N5)CCC4(C)C3CCC12C. The van der Waals surface area contributed by atoms with Crippen LogP contribution in [0, 0.1) is 53.3 Å². The molecule has 1 heterocycles. The fourth-order valence-corrected chi connectivity index (χ4v) is 9.28. The van der Waals surface area contributed by atoms with Gasteiger partial charge >= 0.3 is 0 Å². The second kappa shape index (κ2) is 23.3. The van der Waals surface area contributed by atoms with Gasteiger partial charge in [0.05, 0.1) is 0 Å². The lowest BCUT2D eigenvalue weighted by Crippen LogP contribution is -2.55. The van der Waals surface area contributed by atoms with Crippen LogP contribution in [0.3, 0.4) is 0 Å². The highest BCUT2D eigenvalue weighted by atomic mass is 14.9. The number of hydrogen-bond acceptors (Lipinski definition) is 3. The Kier molecular flexibility index (Phi) is 22.7. The van der Waals surface area contributed by atoms with E-state index < -0.39 is 0 Å². The highest BCUT2D eigenvalue weighted by Gasteiger charge is 2.59. The fourth-order valence-electron chi connectivity index (χ4n) is 9.28. The molecule has 2 N–H and O–H groups in total. The molecule has 0 saturated heterocycles. The van der Waals surface area contributed by atoms with E-state index in [4.69, 9.17) is 0 Å². The Morgan fingerprint density at radius 1 is 0.767 bits per heavy atom. The summed E-state index contributed by atoms with van der Waals surface area (Å²) in [5, 5.41) is 7.54. The minimum atomic E-state index is 0.633. The molecule has 4 fully saturated rings. The van der Waals surface area contributed by atoms with Gasteiger partial charge < -0.3 is 10.6 Å². The second-order valence-electron chi connectivity index (χ2n) is 13.1. The van der Waals surface area contributed by atoms with Crippen LogP contribution in [0.1, 0.15) is 160 Å². The minimum absolute atomic E-state index is 0.633. The van der Waals surface area contributed by atoms with E-state index in [2.05, 4.69) is 61.5 Å². The van der Waals surface area contributed by atoms with Crippen molar-refractivity contribution in [1.82, 2.24) is 10.6 Å². The van der Waals surface area contributed by atoms with Gasteiger partial charge in [0.15, 0.2) is 0 Å². The lowest BCUT2D eigenvalue weighted by molar-refractivity contribution is -0.113. The lowest BCUT2D eigenvalue weighted by atomic mass is 9.44. The highest BCUT2D eigenvalue weighted by Crippen LogP contribution is 2.67. The number of rotatable bonds is 8. The summed E-state index contributed by atoms with van der Waals surface area (Å²) in [6.07, 6.45) is 30.6.